The molecular formula is C17H19ClN2O2S. The van der Waals surface area contributed by atoms with Gasteiger partial charge in [0.1, 0.15) is 0 Å². The van der Waals surface area contributed by atoms with Crippen LogP contribution in [0, 0.1) is 0 Å². The quantitative estimate of drug-likeness (QED) is 0.768. The summed E-state index contributed by atoms with van der Waals surface area (Å²) in [6.07, 6.45) is 2.53. The third kappa shape index (κ3) is 3.27. The minimum absolute atomic E-state index is 0. The summed E-state index contributed by atoms with van der Waals surface area (Å²) in [5.74, 6) is 0. The van der Waals surface area contributed by atoms with Gasteiger partial charge in [-0.1, -0.05) is 36.4 Å². The summed E-state index contributed by atoms with van der Waals surface area (Å²) in [5.41, 5.74) is 6.49. The summed E-state index contributed by atoms with van der Waals surface area (Å²) < 4.78 is 27.8. The molecule has 0 aliphatic heterocycles. The van der Waals surface area contributed by atoms with Crippen molar-refractivity contribution >= 4 is 33.1 Å². The number of aromatic nitrogens is 1. The molecular weight excluding hydrogens is 332 g/mol. The lowest BCUT2D eigenvalue weighted by atomic mass is 10.2. The Morgan fingerprint density at radius 2 is 1.61 bits per heavy atom. The minimum Gasteiger partial charge on any atom is -0.346 e. The number of para-hydroxylation sites is 1. The Morgan fingerprint density at radius 3 is 2.30 bits per heavy atom. The Kier molecular flexibility index (Phi) is 5.46. The van der Waals surface area contributed by atoms with Crippen LogP contribution in [0.2, 0.25) is 0 Å². The Hall–Kier alpha value is -1.82. The van der Waals surface area contributed by atoms with Gasteiger partial charge in [-0.05, 0) is 31.2 Å². The Labute approximate surface area is 142 Å². The largest absolute Gasteiger partial charge is 0.346 e. The van der Waals surface area contributed by atoms with E-state index in [9.17, 15) is 8.42 Å². The molecule has 0 aliphatic carbocycles. The lowest BCUT2D eigenvalue weighted by molar-refractivity contribution is 0.595. The molecule has 0 fully saturated rings. The first kappa shape index (κ1) is 17.5. The van der Waals surface area contributed by atoms with E-state index < -0.39 is 9.84 Å². The zero-order chi connectivity index (χ0) is 15.6. The van der Waals surface area contributed by atoms with Gasteiger partial charge in [0.2, 0.25) is 9.84 Å². The second-order valence-electron chi connectivity index (χ2n) is 5.16. The van der Waals surface area contributed by atoms with Gasteiger partial charge in [0.05, 0.1) is 9.79 Å². The molecule has 0 amide bonds. The number of halogens is 1. The summed E-state index contributed by atoms with van der Waals surface area (Å²) in [5, 5.41) is 0.753. The van der Waals surface area contributed by atoms with Crippen molar-refractivity contribution in [2.45, 2.75) is 22.8 Å². The molecule has 0 unspecified atom stereocenters. The molecule has 3 aromatic rings. The van der Waals surface area contributed by atoms with E-state index in [-0.39, 0.29) is 12.4 Å². The standard InChI is InChI=1S/C17H18N2O2S.ClH/c18-11-6-12-19-13-17(15-9-4-5-10-16(15)19)22(20,21)14-7-2-1-3-8-14;/h1-5,7-10,13H,6,11-12,18H2;1H. The van der Waals surface area contributed by atoms with Crippen molar-refractivity contribution in [1.82, 2.24) is 4.57 Å². The molecule has 23 heavy (non-hydrogen) atoms. The van der Waals surface area contributed by atoms with Gasteiger partial charge in [-0.25, -0.2) is 8.42 Å². The number of aryl methyl sites for hydroxylation is 1. The van der Waals surface area contributed by atoms with Crippen LogP contribution in [-0.4, -0.2) is 19.5 Å². The number of nitrogens with zero attached hydrogens (tertiary/aromatic N) is 1. The molecule has 2 aromatic carbocycles. The van der Waals surface area contributed by atoms with E-state index in [4.69, 9.17) is 5.73 Å². The third-order valence-corrected chi connectivity index (χ3v) is 5.50. The van der Waals surface area contributed by atoms with Crippen LogP contribution in [0.3, 0.4) is 0 Å². The van der Waals surface area contributed by atoms with Gasteiger partial charge >= 0.3 is 0 Å². The SMILES string of the molecule is Cl.NCCCn1cc(S(=O)(=O)c2ccccc2)c2ccccc21. The highest BCUT2D eigenvalue weighted by atomic mass is 35.5. The van der Waals surface area contributed by atoms with Crippen LogP contribution in [0.1, 0.15) is 6.42 Å². The first-order valence-electron chi connectivity index (χ1n) is 7.22. The Balaban J connectivity index is 0.00000192. The smallest absolute Gasteiger partial charge is 0.208 e. The molecule has 4 nitrogen and oxygen atoms in total. The molecule has 0 radical (unpaired) electrons. The summed E-state index contributed by atoms with van der Waals surface area (Å²) in [4.78, 5) is 0.669. The minimum atomic E-state index is -3.52. The van der Waals surface area contributed by atoms with Crippen molar-refractivity contribution in [3.63, 3.8) is 0 Å². The topological polar surface area (TPSA) is 65.1 Å². The molecule has 0 aliphatic rings. The number of benzene rings is 2. The molecule has 0 saturated heterocycles. The molecule has 122 valence electrons. The van der Waals surface area contributed by atoms with Crippen LogP contribution >= 0.6 is 12.4 Å². The number of fused-ring (bicyclic) bond motifs is 1. The molecule has 1 aromatic heterocycles. The van der Waals surface area contributed by atoms with Crippen molar-refractivity contribution in [1.29, 1.82) is 0 Å². The molecule has 0 atom stereocenters. The predicted octanol–water partition coefficient (Wildman–Crippen LogP) is 3.24. The number of rotatable bonds is 5. The van der Waals surface area contributed by atoms with E-state index in [1.807, 2.05) is 34.9 Å². The second kappa shape index (κ2) is 7.17. The first-order valence-corrected chi connectivity index (χ1v) is 8.71. The van der Waals surface area contributed by atoms with Gasteiger partial charge in [-0.3, -0.25) is 0 Å². The van der Waals surface area contributed by atoms with Gasteiger partial charge in [-0.15, -0.1) is 12.4 Å². The molecule has 2 N–H and O–H groups in total. The molecule has 3 rings (SSSR count). The molecule has 6 heteroatoms. The van der Waals surface area contributed by atoms with Crippen LogP contribution in [-0.2, 0) is 16.4 Å². The fraction of sp³-hybridized carbons (Fsp3) is 0.176. The van der Waals surface area contributed by atoms with Crippen molar-refractivity contribution < 1.29 is 8.42 Å². The lowest BCUT2D eigenvalue weighted by Gasteiger charge is -2.03. The van der Waals surface area contributed by atoms with Gasteiger partial charge in [0.25, 0.3) is 0 Å². The fourth-order valence-corrected chi connectivity index (χ4v) is 4.10. The fourth-order valence-electron chi connectivity index (χ4n) is 2.60. The molecule has 0 bridgehead atoms. The maximum Gasteiger partial charge on any atom is 0.208 e. The average molecular weight is 351 g/mol. The first-order chi connectivity index (χ1) is 10.6. The van der Waals surface area contributed by atoms with Gasteiger partial charge in [0.15, 0.2) is 0 Å². The van der Waals surface area contributed by atoms with Crippen LogP contribution in [0.5, 0.6) is 0 Å². The number of sulfone groups is 1. The van der Waals surface area contributed by atoms with E-state index in [0.29, 0.717) is 22.9 Å². The highest BCUT2D eigenvalue weighted by Crippen LogP contribution is 2.30. The van der Waals surface area contributed by atoms with E-state index in [1.165, 1.54) is 0 Å². The maximum absolute atomic E-state index is 12.9. The zero-order valence-corrected chi connectivity index (χ0v) is 14.2. The van der Waals surface area contributed by atoms with Crippen LogP contribution in [0.4, 0.5) is 0 Å². The summed E-state index contributed by atoms with van der Waals surface area (Å²) in [6, 6.07) is 16.1. The van der Waals surface area contributed by atoms with E-state index in [1.54, 1.807) is 30.5 Å². The second-order valence-corrected chi connectivity index (χ2v) is 7.08. The summed E-state index contributed by atoms with van der Waals surface area (Å²) in [7, 11) is -3.52. The lowest BCUT2D eigenvalue weighted by Crippen LogP contribution is -2.05. The van der Waals surface area contributed by atoms with Crippen LogP contribution in [0.15, 0.2) is 70.6 Å². The zero-order valence-electron chi connectivity index (χ0n) is 12.6. The van der Waals surface area contributed by atoms with E-state index >= 15 is 0 Å². The maximum atomic E-state index is 12.9. The number of hydrogen-bond acceptors (Lipinski definition) is 3. The van der Waals surface area contributed by atoms with Crippen LogP contribution < -0.4 is 5.73 Å². The van der Waals surface area contributed by atoms with Crippen molar-refractivity contribution in [2.75, 3.05) is 6.54 Å². The van der Waals surface area contributed by atoms with Gasteiger partial charge in [-0.2, -0.15) is 0 Å². The van der Waals surface area contributed by atoms with Gasteiger partial charge < -0.3 is 10.3 Å². The number of hydrogen-bond donors (Lipinski definition) is 1. The summed E-state index contributed by atoms with van der Waals surface area (Å²) >= 11 is 0. The van der Waals surface area contributed by atoms with Crippen molar-refractivity contribution in [3.8, 4) is 0 Å². The van der Waals surface area contributed by atoms with Crippen molar-refractivity contribution in [3.05, 3.63) is 60.8 Å². The third-order valence-electron chi connectivity index (χ3n) is 3.70. The highest BCUT2D eigenvalue weighted by molar-refractivity contribution is 7.91. The molecule has 1 heterocycles. The Bertz CT molecular complexity index is 889. The summed E-state index contributed by atoms with van der Waals surface area (Å²) in [6.45, 7) is 1.29. The normalized spacial score (nSPS) is 11.3. The van der Waals surface area contributed by atoms with Crippen molar-refractivity contribution in [2.24, 2.45) is 5.73 Å². The van der Waals surface area contributed by atoms with E-state index in [0.717, 1.165) is 17.3 Å². The van der Waals surface area contributed by atoms with Crippen LogP contribution in [0.25, 0.3) is 10.9 Å². The molecule has 0 saturated carbocycles. The highest BCUT2D eigenvalue weighted by Gasteiger charge is 2.22. The number of nitrogens with two attached hydrogens (primary N) is 1. The average Bonchev–Trinajstić information content (AvgIpc) is 2.93. The van der Waals surface area contributed by atoms with Gasteiger partial charge in [0, 0.05) is 23.6 Å². The monoisotopic (exact) mass is 350 g/mol. The van der Waals surface area contributed by atoms with E-state index in [2.05, 4.69) is 0 Å². The Morgan fingerprint density at radius 1 is 0.957 bits per heavy atom. The molecule has 0 spiro atoms. The predicted molar refractivity (Wildman–Crippen MR) is 94.8 cm³/mol.